The van der Waals surface area contributed by atoms with Crippen LogP contribution < -0.4 is 10.6 Å². The van der Waals surface area contributed by atoms with E-state index in [-0.39, 0.29) is 5.91 Å². The Balaban J connectivity index is 1.91. The van der Waals surface area contributed by atoms with Gasteiger partial charge in [0, 0.05) is 19.5 Å². The van der Waals surface area contributed by atoms with Gasteiger partial charge in [0.15, 0.2) is 5.16 Å². The Kier molecular flexibility index (Phi) is 4.64. The third-order valence-electron chi connectivity index (χ3n) is 3.04. The Hall–Kier alpha value is -1.57. The maximum Gasteiger partial charge on any atom is 0.321 e. The minimum atomic E-state index is -0.471. The highest BCUT2D eigenvalue weighted by Crippen LogP contribution is 2.39. The molecule has 1 aromatic heterocycles. The van der Waals surface area contributed by atoms with Gasteiger partial charge in [0.25, 0.3) is 0 Å². The minimum Gasteiger partial charge on any atom is -0.338 e. The Bertz CT molecular complexity index is 512. The predicted molar refractivity (Wildman–Crippen MR) is 75.5 cm³/mol. The summed E-state index contributed by atoms with van der Waals surface area (Å²) in [5.41, 5.74) is 0. The van der Waals surface area contributed by atoms with Crippen LogP contribution in [0.4, 0.5) is 4.79 Å². The number of aromatic nitrogens is 3. The molecule has 8 heteroatoms. The summed E-state index contributed by atoms with van der Waals surface area (Å²) >= 11 is 1.30. The van der Waals surface area contributed by atoms with Crippen LogP contribution in [0.3, 0.4) is 0 Å². The number of thioether (sulfide) groups is 1. The SMILES string of the molecule is CCNC(=O)NC(=O)[C@H](C)Sc1nnc(C2CC2)n1C. The quantitative estimate of drug-likeness (QED) is 0.792. The number of urea groups is 1. The third kappa shape index (κ3) is 3.50. The fraction of sp³-hybridized carbons (Fsp3) is 0.667. The average Bonchev–Trinajstić information content (AvgIpc) is 3.16. The highest BCUT2D eigenvalue weighted by atomic mass is 32.2. The molecule has 1 aliphatic rings. The number of hydrogen-bond acceptors (Lipinski definition) is 5. The van der Waals surface area contributed by atoms with E-state index in [1.54, 1.807) is 13.8 Å². The zero-order chi connectivity index (χ0) is 14.7. The molecular formula is C12H19N5O2S. The smallest absolute Gasteiger partial charge is 0.321 e. The van der Waals surface area contributed by atoms with Crippen molar-refractivity contribution in [2.45, 2.75) is 43.0 Å². The molecule has 7 nitrogen and oxygen atoms in total. The molecule has 2 rings (SSSR count). The van der Waals surface area contributed by atoms with Gasteiger partial charge in [-0.3, -0.25) is 10.1 Å². The van der Waals surface area contributed by atoms with E-state index in [0.717, 1.165) is 18.7 Å². The highest BCUT2D eigenvalue weighted by Gasteiger charge is 2.30. The van der Waals surface area contributed by atoms with E-state index in [1.165, 1.54) is 11.8 Å². The number of carbonyl (C=O) groups is 2. The predicted octanol–water partition coefficient (Wildman–Crippen LogP) is 1.02. The second-order valence-corrected chi connectivity index (χ2v) is 6.09. The molecule has 0 saturated heterocycles. The molecule has 2 N–H and O–H groups in total. The molecule has 0 unspecified atom stereocenters. The molecule has 3 amide bonds. The number of nitrogens with zero attached hydrogens (tertiary/aromatic N) is 3. The molecule has 1 aliphatic carbocycles. The molecule has 0 spiro atoms. The van der Waals surface area contributed by atoms with Gasteiger partial charge >= 0.3 is 6.03 Å². The van der Waals surface area contributed by atoms with Gasteiger partial charge in [-0.15, -0.1) is 10.2 Å². The maximum atomic E-state index is 11.8. The number of imide groups is 1. The standard InChI is InChI=1S/C12H19N5O2S/c1-4-13-11(19)14-10(18)7(2)20-12-16-15-9(17(12)3)8-5-6-8/h7-8H,4-6H2,1-3H3,(H2,13,14,18,19)/t7-/m0/s1. The van der Waals surface area contributed by atoms with Crippen LogP contribution in [-0.4, -0.2) is 38.5 Å². The minimum absolute atomic E-state index is 0.336. The fourth-order valence-corrected chi connectivity index (χ4v) is 2.58. The molecule has 0 aliphatic heterocycles. The van der Waals surface area contributed by atoms with Crippen molar-refractivity contribution in [2.75, 3.05) is 6.54 Å². The number of amides is 3. The normalized spacial score (nSPS) is 15.8. The van der Waals surface area contributed by atoms with Crippen molar-refractivity contribution in [2.24, 2.45) is 7.05 Å². The second-order valence-electron chi connectivity index (χ2n) is 4.78. The van der Waals surface area contributed by atoms with Crippen LogP contribution >= 0.6 is 11.8 Å². The lowest BCUT2D eigenvalue weighted by Gasteiger charge is -2.11. The first-order valence-corrected chi connectivity index (χ1v) is 7.55. The molecule has 1 fully saturated rings. The van der Waals surface area contributed by atoms with Gasteiger partial charge in [-0.2, -0.15) is 0 Å². The first-order valence-electron chi connectivity index (χ1n) is 6.67. The summed E-state index contributed by atoms with van der Waals surface area (Å²) in [6.07, 6.45) is 2.31. The lowest BCUT2D eigenvalue weighted by Crippen LogP contribution is -2.42. The van der Waals surface area contributed by atoms with Crippen molar-refractivity contribution in [1.29, 1.82) is 0 Å². The summed E-state index contributed by atoms with van der Waals surface area (Å²) in [5.74, 6) is 1.15. The van der Waals surface area contributed by atoms with Crippen molar-refractivity contribution in [3.63, 3.8) is 0 Å². The fourth-order valence-electron chi connectivity index (χ4n) is 1.76. The van der Waals surface area contributed by atoms with Gasteiger partial charge in [-0.25, -0.2) is 4.79 Å². The van der Waals surface area contributed by atoms with E-state index < -0.39 is 11.3 Å². The van der Waals surface area contributed by atoms with Crippen molar-refractivity contribution in [3.05, 3.63) is 5.82 Å². The van der Waals surface area contributed by atoms with E-state index in [1.807, 2.05) is 11.6 Å². The highest BCUT2D eigenvalue weighted by molar-refractivity contribution is 8.00. The van der Waals surface area contributed by atoms with Crippen LogP contribution in [0.25, 0.3) is 0 Å². The van der Waals surface area contributed by atoms with Crippen LogP contribution in [0, 0.1) is 0 Å². The van der Waals surface area contributed by atoms with Crippen LogP contribution in [0.15, 0.2) is 5.16 Å². The molecule has 20 heavy (non-hydrogen) atoms. The molecule has 0 bridgehead atoms. The van der Waals surface area contributed by atoms with Crippen LogP contribution in [-0.2, 0) is 11.8 Å². The first-order chi connectivity index (χ1) is 9.52. The monoisotopic (exact) mass is 297 g/mol. The summed E-state index contributed by atoms with van der Waals surface area (Å²) in [6.45, 7) is 4.01. The lowest BCUT2D eigenvalue weighted by atomic mass is 10.4. The molecule has 1 heterocycles. The summed E-state index contributed by atoms with van der Waals surface area (Å²) < 4.78 is 1.93. The molecule has 1 aromatic rings. The topological polar surface area (TPSA) is 88.9 Å². The maximum absolute atomic E-state index is 11.8. The van der Waals surface area contributed by atoms with E-state index >= 15 is 0 Å². The molecule has 1 atom stereocenters. The Morgan fingerprint density at radius 3 is 2.75 bits per heavy atom. The molecule has 1 saturated carbocycles. The van der Waals surface area contributed by atoms with Crippen molar-refractivity contribution < 1.29 is 9.59 Å². The molecule has 0 radical (unpaired) electrons. The molecule has 0 aromatic carbocycles. The van der Waals surface area contributed by atoms with E-state index in [2.05, 4.69) is 20.8 Å². The third-order valence-corrected chi connectivity index (χ3v) is 4.17. The van der Waals surface area contributed by atoms with Crippen LogP contribution in [0.5, 0.6) is 0 Å². The van der Waals surface area contributed by atoms with Crippen LogP contribution in [0.2, 0.25) is 0 Å². The van der Waals surface area contributed by atoms with Crippen molar-refractivity contribution in [1.82, 2.24) is 25.4 Å². The number of carbonyl (C=O) groups excluding carboxylic acids is 2. The van der Waals surface area contributed by atoms with Gasteiger partial charge < -0.3 is 9.88 Å². The second kappa shape index (κ2) is 6.25. The first kappa shape index (κ1) is 14.8. The van der Waals surface area contributed by atoms with Crippen molar-refractivity contribution >= 4 is 23.7 Å². The lowest BCUT2D eigenvalue weighted by molar-refractivity contribution is -0.119. The zero-order valence-corrected chi connectivity index (χ0v) is 12.7. The molecular weight excluding hydrogens is 278 g/mol. The van der Waals surface area contributed by atoms with E-state index in [9.17, 15) is 9.59 Å². The average molecular weight is 297 g/mol. The van der Waals surface area contributed by atoms with E-state index in [4.69, 9.17) is 0 Å². The van der Waals surface area contributed by atoms with Gasteiger partial charge in [0.2, 0.25) is 5.91 Å². The van der Waals surface area contributed by atoms with Gasteiger partial charge in [0.05, 0.1) is 5.25 Å². The summed E-state index contributed by atoms with van der Waals surface area (Å²) in [4.78, 5) is 23.1. The van der Waals surface area contributed by atoms with Crippen LogP contribution in [0.1, 0.15) is 38.4 Å². The van der Waals surface area contributed by atoms with E-state index in [0.29, 0.717) is 17.6 Å². The molecule has 110 valence electrons. The zero-order valence-electron chi connectivity index (χ0n) is 11.8. The largest absolute Gasteiger partial charge is 0.338 e. The van der Waals surface area contributed by atoms with Gasteiger partial charge in [-0.1, -0.05) is 11.8 Å². The number of hydrogen-bond donors (Lipinski definition) is 2. The Morgan fingerprint density at radius 2 is 2.15 bits per heavy atom. The summed E-state index contributed by atoms with van der Waals surface area (Å²) in [7, 11) is 1.91. The summed E-state index contributed by atoms with van der Waals surface area (Å²) in [6, 6.07) is -0.471. The summed E-state index contributed by atoms with van der Waals surface area (Å²) in [5, 5.41) is 13.4. The van der Waals surface area contributed by atoms with Crippen molar-refractivity contribution in [3.8, 4) is 0 Å². The van der Waals surface area contributed by atoms with Gasteiger partial charge in [0.1, 0.15) is 5.82 Å². The van der Waals surface area contributed by atoms with Gasteiger partial charge in [-0.05, 0) is 26.7 Å². The number of rotatable bonds is 5. The Morgan fingerprint density at radius 1 is 1.45 bits per heavy atom. The number of nitrogens with one attached hydrogen (secondary N) is 2. The Labute approximate surface area is 121 Å².